The Morgan fingerprint density at radius 2 is 1.90 bits per heavy atom. The van der Waals surface area contributed by atoms with E-state index in [9.17, 15) is 14.4 Å². The molecule has 0 aromatic rings. The summed E-state index contributed by atoms with van der Waals surface area (Å²) in [5.41, 5.74) is 0. The number of ketones is 1. The Bertz CT molecular complexity index is 323. The van der Waals surface area contributed by atoms with Crippen molar-refractivity contribution in [1.82, 2.24) is 10.6 Å². The maximum Gasteiger partial charge on any atom is 0.302 e. The van der Waals surface area contributed by atoms with E-state index < -0.39 is 0 Å². The molecule has 6 nitrogen and oxygen atoms in total. The average molecular weight is 304 g/mol. The molecule has 0 aromatic carbocycles. The molecule has 2 N–H and O–H groups in total. The van der Waals surface area contributed by atoms with E-state index in [1.54, 1.807) is 18.8 Å². The van der Waals surface area contributed by atoms with Gasteiger partial charge in [0.1, 0.15) is 5.78 Å². The molecule has 116 valence electrons. The number of thioether (sulfide) groups is 1. The van der Waals surface area contributed by atoms with E-state index in [0.29, 0.717) is 12.4 Å². The quantitative estimate of drug-likeness (QED) is 0.423. The molecule has 0 radical (unpaired) electrons. The summed E-state index contributed by atoms with van der Waals surface area (Å²) in [4.78, 5) is 33.1. The zero-order valence-corrected chi connectivity index (χ0v) is 13.2. The number of carbonyl (C=O) groups is 3. The number of likely N-dealkylation sites (N-methyl/N-ethyl adjacent to an activating group) is 1. The minimum absolute atomic E-state index is 0.0290. The topological polar surface area (TPSA) is 84.5 Å². The van der Waals surface area contributed by atoms with Crippen LogP contribution in [0.3, 0.4) is 0 Å². The van der Waals surface area contributed by atoms with Gasteiger partial charge >= 0.3 is 5.97 Å². The normalized spacial score (nSPS) is 11.8. The van der Waals surface area contributed by atoms with Gasteiger partial charge in [0.2, 0.25) is 5.91 Å². The van der Waals surface area contributed by atoms with Crippen molar-refractivity contribution >= 4 is 29.4 Å². The monoisotopic (exact) mass is 304 g/mol. The summed E-state index contributed by atoms with van der Waals surface area (Å²) in [6.45, 7) is 3.50. The largest absolute Gasteiger partial charge is 0.466 e. The first-order valence-electron chi connectivity index (χ1n) is 6.63. The first-order valence-corrected chi connectivity index (χ1v) is 7.78. The molecular weight excluding hydrogens is 280 g/mol. The van der Waals surface area contributed by atoms with E-state index in [0.717, 1.165) is 18.6 Å². The van der Waals surface area contributed by atoms with Gasteiger partial charge in [0.15, 0.2) is 0 Å². The molecule has 0 rings (SSSR count). The second-order valence-corrected chi connectivity index (χ2v) is 5.49. The summed E-state index contributed by atoms with van der Waals surface area (Å²) in [6.07, 6.45) is 1.75. The third-order valence-corrected chi connectivity index (χ3v) is 3.70. The van der Waals surface area contributed by atoms with E-state index in [2.05, 4.69) is 10.6 Å². The highest BCUT2D eigenvalue weighted by Gasteiger charge is 2.14. The Hall–Kier alpha value is -1.08. The summed E-state index contributed by atoms with van der Waals surface area (Å²) >= 11 is 1.65. The smallest absolute Gasteiger partial charge is 0.302 e. The number of hydrogen-bond donors (Lipinski definition) is 2. The second kappa shape index (κ2) is 11.7. The lowest BCUT2D eigenvalue weighted by Gasteiger charge is -2.14. The summed E-state index contributed by atoms with van der Waals surface area (Å²) in [5, 5.41) is 5.43. The molecule has 0 bridgehead atoms. The van der Waals surface area contributed by atoms with Crippen molar-refractivity contribution in [3.05, 3.63) is 0 Å². The standard InChI is InChI=1S/C13H24N2O4S/c1-10(16)12(15-8-13(18)14-3)9-20-7-5-4-6-19-11(2)17/h12,15H,4-9H2,1-3H3,(H,14,18)/t12-/m0/s1. The third-order valence-electron chi connectivity index (χ3n) is 2.55. The number of ether oxygens (including phenoxy) is 1. The zero-order valence-electron chi connectivity index (χ0n) is 12.4. The highest BCUT2D eigenvalue weighted by molar-refractivity contribution is 7.99. The van der Waals surface area contributed by atoms with Gasteiger partial charge in [0.05, 0.1) is 19.2 Å². The number of carbonyl (C=O) groups excluding carboxylic acids is 3. The molecule has 0 aliphatic carbocycles. The van der Waals surface area contributed by atoms with Gasteiger partial charge < -0.3 is 10.1 Å². The minimum Gasteiger partial charge on any atom is -0.466 e. The van der Waals surface area contributed by atoms with E-state index in [-0.39, 0.29) is 30.2 Å². The first-order chi connectivity index (χ1) is 9.47. The lowest BCUT2D eigenvalue weighted by Crippen LogP contribution is -2.43. The molecule has 0 aromatic heterocycles. The predicted octanol–water partition coefficient (Wildman–Crippen LogP) is 0.356. The molecule has 0 saturated heterocycles. The Balaban J connectivity index is 3.68. The molecule has 0 aliphatic rings. The molecular formula is C13H24N2O4S. The van der Waals surface area contributed by atoms with Gasteiger partial charge in [0.25, 0.3) is 0 Å². The van der Waals surface area contributed by atoms with Crippen LogP contribution in [0.25, 0.3) is 0 Å². The zero-order chi connectivity index (χ0) is 15.4. The van der Waals surface area contributed by atoms with Gasteiger partial charge in [-0.25, -0.2) is 0 Å². The van der Waals surface area contributed by atoms with Gasteiger partial charge in [-0.05, 0) is 25.5 Å². The summed E-state index contributed by atoms with van der Waals surface area (Å²) in [5.74, 6) is 1.17. The Kier molecular flexibility index (Phi) is 11.1. The highest BCUT2D eigenvalue weighted by atomic mass is 32.2. The van der Waals surface area contributed by atoms with Gasteiger partial charge in [-0.2, -0.15) is 11.8 Å². The van der Waals surface area contributed by atoms with Crippen LogP contribution in [0.15, 0.2) is 0 Å². The predicted molar refractivity (Wildman–Crippen MR) is 79.7 cm³/mol. The molecule has 1 amide bonds. The lowest BCUT2D eigenvalue weighted by molar-refractivity contribution is -0.141. The van der Waals surface area contributed by atoms with Crippen LogP contribution in [-0.4, -0.2) is 55.4 Å². The molecule has 1 atom stereocenters. The molecule has 20 heavy (non-hydrogen) atoms. The Morgan fingerprint density at radius 1 is 1.20 bits per heavy atom. The first kappa shape index (κ1) is 18.9. The molecule has 0 fully saturated rings. The summed E-state index contributed by atoms with van der Waals surface area (Å²) < 4.78 is 4.83. The van der Waals surface area contributed by atoms with Crippen LogP contribution < -0.4 is 10.6 Å². The number of amides is 1. The van der Waals surface area contributed by atoms with Crippen molar-refractivity contribution < 1.29 is 19.1 Å². The molecule has 0 aliphatic heterocycles. The van der Waals surface area contributed by atoms with Crippen LogP contribution >= 0.6 is 11.8 Å². The van der Waals surface area contributed by atoms with Gasteiger partial charge in [-0.3, -0.25) is 19.7 Å². The minimum atomic E-state index is -0.300. The van der Waals surface area contributed by atoms with E-state index in [4.69, 9.17) is 4.74 Å². The molecule has 0 heterocycles. The highest BCUT2D eigenvalue weighted by Crippen LogP contribution is 2.07. The van der Waals surface area contributed by atoms with Crippen LogP contribution in [-0.2, 0) is 19.1 Å². The maximum atomic E-state index is 11.4. The number of unbranched alkanes of at least 4 members (excludes halogenated alkanes) is 1. The second-order valence-electron chi connectivity index (χ2n) is 4.34. The van der Waals surface area contributed by atoms with Gasteiger partial charge in [-0.1, -0.05) is 0 Å². The van der Waals surface area contributed by atoms with Crippen molar-refractivity contribution in [2.45, 2.75) is 32.7 Å². The Morgan fingerprint density at radius 3 is 2.45 bits per heavy atom. The molecule has 7 heteroatoms. The Labute approximate surface area is 124 Å². The molecule has 0 saturated carbocycles. The van der Waals surface area contributed by atoms with Crippen molar-refractivity contribution in [3.8, 4) is 0 Å². The van der Waals surface area contributed by atoms with E-state index >= 15 is 0 Å². The number of nitrogens with one attached hydrogen (secondary N) is 2. The number of esters is 1. The fourth-order valence-electron chi connectivity index (χ4n) is 1.35. The number of Topliss-reactive ketones (excluding diaryl/α,β-unsaturated/α-hetero) is 1. The van der Waals surface area contributed by atoms with Crippen molar-refractivity contribution in [2.24, 2.45) is 0 Å². The fraction of sp³-hybridized carbons (Fsp3) is 0.769. The van der Waals surface area contributed by atoms with E-state index in [1.807, 2.05) is 0 Å². The van der Waals surface area contributed by atoms with Crippen LogP contribution in [0.1, 0.15) is 26.7 Å². The maximum absolute atomic E-state index is 11.4. The fourth-order valence-corrected chi connectivity index (χ4v) is 2.51. The lowest BCUT2D eigenvalue weighted by atomic mass is 10.2. The summed E-state index contributed by atoms with van der Waals surface area (Å²) in [7, 11) is 1.56. The van der Waals surface area contributed by atoms with Crippen molar-refractivity contribution in [1.29, 1.82) is 0 Å². The summed E-state index contributed by atoms with van der Waals surface area (Å²) in [6, 6.07) is -0.300. The van der Waals surface area contributed by atoms with Gasteiger partial charge in [0, 0.05) is 19.7 Å². The third kappa shape index (κ3) is 10.8. The SMILES string of the molecule is CNC(=O)CN[C@@H](CSCCCCOC(C)=O)C(C)=O. The van der Waals surface area contributed by atoms with Crippen LogP contribution in [0.5, 0.6) is 0 Å². The number of hydrogen-bond acceptors (Lipinski definition) is 6. The van der Waals surface area contributed by atoms with Crippen LogP contribution in [0.2, 0.25) is 0 Å². The van der Waals surface area contributed by atoms with E-state index in [1.165, 1.54) is 13.8 Å². The average Bonchev–Trinajstić information content (AvgIpc) is 2.39. The van der Waals surface area contributed by atoms with Crippen LogP contribution in [0, 0.1) is 0 Å². The molecule has 0 unspecified atom stereocenters. The number of rotatable bonds is 11. The van der Waals surface area contributed by atoms with Crippen molar-refractivity contribution in [3.63, 3.8) is 0 Å². The van der Waals surface area contributed by atoms with Gasteiger partial charge in [-0.15, -0.1) is 0 Å². The van der Waals surface area contributed by atoms with Crippen molar-refractivity contribution in [2.75, 3.05) is 31.7 Å². The van der Waals surface area contributed by atoms with Crippen LogP contribution in [0.4, 0.5) is 0 Å². The molecule has 0 spiro atoms.